The van der Waals surface area contributed by atoms with Crippen molar-refractivity contribution < 1.29 is 48.4 Å². The Labute approximate surface area is 114 Å². The van der Waals surface area contributed by atoms with Crippen molar-refractivity contribution in [2.75, 3.05) is 7.11 Å². The van der Waals surface area contributed by atoms with E-state index < -0.39 is 0 Å². The summed E-state index contributed by atoms with van der Waals surface area (Å²) >= 11 is 0. The number of benzene rings is 1. The van der Waals surface area contributed by atoms with E-state index in [-0.39, 0.29) is 66.7 Å². The molecular weight excluding hydrogens is 202 g/mol. The molecule has 1 aromatic rings. The van der Waals surface area contributed by atoms with Crippen molar-refractivity contribution in [3.8, 4) is 5.75 Å². The average Bonchev–Trinajstić information content (AvgIpc) is 1.90. The second kappa shape index (κ2) is 14.5. The summed E-state index contributed by atoms with van der Waals surface area (Å²) in [5.74, 6) is 0.785. The van der Waals surface area contributed by atoms with Crippen LogP contribution >= 0.6 is 0 Å². The van der Waals surface area contributed by atoms with Crippen molar-refractivity contribution in [1.82, 2.24) is 0 Å². The van der Waals surface area contributed by atoms with Gasteiger partial charge >= 0.3 is 41.9 Å². The van der Waals surface area contributed by atoms with Crippen LogP contribution in [-0.4, -0.2) is 30.2 Å². The minimum absolute atomic E-state index is 0. The Morgan fingerprint density at radius 1 is 1.25 bits per heavy atom. The molecule has 0 aliphatic carbocycles. The van der Waals surface area contributed by atoms with Crippen LogP contribution in [0.5, 0.6) is 5.75 Å². The van der Waals surface area contributed by atoms with Gasteiger partial charge in [-0.25, -0.2) is 0 Å². The van der Waals surface area contributed by atoms with Crippen LogP contribution in [0.1, 0.15) is 0 Å². The number of halogens is 2. The maximum Gasteiger partial charge on any atom is 2.00 e. The van der Waals surface area contributed by atoms with Crippen LogP contribution in [-0.2, 0) is 0 Å². The standard InChI is InChI=1S/C7H7O.2ClH.Li.Mg/c1-8-7-5-3-2-4-6-7;;;;/h2-5H,1H3;2*1H;;/q-1;;;+1;+2/p-2. The van der Waals surface area contributed by atoms with E-state index in [1.807, 2.05) is 24.3 Å². The maximum atomic E-state index is 4.86. The molecular formula is C7H7Cl2LiMgO. The van der Waals surface area contributed by atoms with E-state index in [1.54, 1.807) is 7.11 Å². The van der Waals surface area contributed by atoms with Gasteiger partial charge in [0, 0.05) is 5.75 Å². The minimum Gasteiger partial charge on any atom is -1.00 e. The maximum absolute atomic E-state index is 4.86. The van der Waals surface area contributed by atoms with E-state index in [9.17, 15) is 0 Å². The van der Waals surface area contributed by atoms with Gasteiger partial charge in [0.05, 0.1) is 7.11 Å². The molecule has 5 heteroatoms. The van der Waals surface area contributed by atoms with Crippen LogP contribution in [0.2, 0.25) is 0 Å². The number of rotatable bonds is 1. The van der Waals surface area contributed by atoms with Gasteiger partial charge in [-0.15, -0.1) is 12.1 Å². The summed E-state index contributed by atoms with van der Waals surface area (Å²) in [6.07, 6.45) is 0. The number of methoxy groups -OCH3 is 1. The molecule has 0 unspecified atom stereocenters. The SMILES string of the molecule is COc1[c-]cccc1.[Cl-].[Cl-].[Li+].[Mg+2]. The molecule has 1 rings (SSSR count). The second-order valence-electron chi connectivity index (χ2n) is 1.43. The van der Waals surface area contributed by atoms with Gasteiger partial charge in [-0.1, -0.05) is 0 Å². The van der Waals surface area contributed by atoms with Gasteiger partial charge in [-0.05, 0) is 0 Å². The van der Waals surface area contributed by atoms with E-state index in [2.05, 4.69) is 6.07 Å². The van der Waals surface area contributed by atoms with E-state index in [0.717, 1.165) is 5.75 Å². The van der Waals surface area contributed by atoms with Crippen LogP contribution in [0.25, 0.3) is 0 Å². The Balaban J connectivity index is -0.0000000800. The largest absolute Gasteiger partial charge is 2.00 e. The molecule has 1 nitrogen and oxygen atoms in total. The van der Waals surface area contributed by atoms with Crippen molar-refractivity contribution in [3.63, 3.8) is 0 Å². The Morgan fingerprint density at radius 3 is 2.08 bits per heavy atom. The summed E-state index contributed by atoms with van der Waals surface area (Å²) < 4.78 is 4.86. The molecule has 1 aromatic carbocycles. The van der Waals surface area contributed by atoms with E-state index in [1.165, 1.54) is 0 Å². The van der Waals surface area contributed by atoms with Crippen LogP contribution in [0.4, 0.5) is 0 Å². The fourth-order valence-corrected chi connectivity index (χ4v) is 0.504. The van der Waals surface area contributed by atoms with Crippen molar-refractivity contribution in [2.24, 2.45) is 0 Å². The third-order valence-electron chi connectivity index (χ3n) is 0.900. The fourth-order valence-electron chi connectivity index (χ4n) is 0.504. The number of ether oxygens (including phenoxy) is 1. The van der Waals surface area contributed by atoms with Crippen LogP contribution in [0, 0.1) is 6.07 Å². The predicted molar refractivity (Wildman–Crippen MR) is 37.6 cm³/mol. The molecule has 0 heterocycles. The Bertz CT molecular complexity index is 163. The molecule has 0 aliphatic rings. The summed E-state index contributed by atoms with van der Waals surface area (Å²) in [5, 5.41) is 0. The van der Waals surface area contributed by atoms with Crippen molar-refractivity contribution in [1.29, 1.82) is 0 Å². The van der Waals surface area contributed by atoms with Gasteiger partial charge in [-0.3, -0.25) is 0 Å². The third-order valence-corrected chi connectivity index (χ3v) is 0.900. The van der Waals surface area contributed by atoms with Crippen molar-refractivity contribution in [2.45, 2.75) is 0 Å². The van der Waals surface area contributed by atoms with Gasteiger partial charge < -0.3 is 29.6 Å². The first-order valence-electron chi connectivity index (χ1n) is 2.44. The van der Waals surface area contributed by atoms with E-state index >= 15 is 0 Å². The predicted octanol–water partition coefficient (Wildman–Crippen LogP) is -7.87. The monoisotopic (exact) mass is 208 g/mol. The molecule has 0 atom stereocenters. The van der Waals surface area contributed by atoms with Crippen molar-refractivity contribution >= 4 is 23.1 Å². The summed E-state index contributed by atoms with van der Waals surface area (Å²) in [4.78, 5) is 0. The molecule has 0 saturated carbocycles. The molecule has 0 spiro atoms. The van der Waals surface area contributed by atoms with Gasteiger partial charge in [0.15, 0.2) is 0 Å². The van der Waals surface area contributed by atoms with Crippen LogP contribution in [0.15, 0.2) is 24.3 Å². The molecule has 0 N–H and O–H groups in total. The zero-order valence-corrected chi connectivity index (χ0v) is 10.1. The average molecular weight is 209 g/mol. The van der Waals surface area contributed by atoms with E-state index in [0.29, 0.717) is 0 Å². The Hall–Kier alpha value is 0.964. The summed E-state index contributed by atoms with van der Waals surface area (Å²) in [6, 6.07) is 10.4. The van der Waals surface area contributed by atoms with Gasteiger partial charge in [0.2, 0.25) is 0 Å². The smallest absolute Gasteiger partial charge is 1.00 e. The van der Waals surface area contributed by atoms with Crippen LogP contribution in [0.3, 0.4) is 0 Å². The summed E-state index contributed by atoms with van der Waals surface area (Å²) in [6.45, 7) is 0. The topological polar surface area (TPSA) is 9.23 Å². The minimum atomic E-state index is 0. The number of para-hydroxylation sites is 1. The summed E-state index contributed by atoms with van der Waals surface area (Å²) in [7, 11) is 1.63. The van der Waals surface area contributed by atoms with Crippen molar-refractivity contribution in [3.05, 3.63) is 30.3 Å². The van der Waals surface area contributed by atoms with Crippen LogP contribution < -0.4 is 48.4 Å². The number of hydrogen-bond donors (Lipinski definition) is 0. The fraction of sp³-hybridized carbons (Fsp3) is 0.143. The van der Waals surface area contributed by atoms with Gasteiger partial charge in [0.1, 0.15) is 0 Å². The zero-order valence-electron chi connectivity index (χ0n) is 7.18. The number of hydrogen-bond acceptors (Lipinski definition) is 1. The quantitative estimate of drug-likeness (QED) is 0.330. The molecule has 0 amide bonds. The molecule has 0 aliphatic heterocycles. The normalized spacial score (nSPS) is 5.75. The van der Waals surface area contributed by atoms with Gasteiger partial charge in [0.25, 0.3) is 0 Å². The van der Waals surface area contributed by atoms with Gasteiger partial charge in [-0.2, -0.15) is 18.2 Å². The molecule has 0 bridgehead atoms. The molecule has 58 valence electrons. The first-order valence-corrected chi connectivity index (χ1v) is 2.44. The molecule has 0 radical (unpaired) electrons. The Morgan fingerprint density at radius 2 is 1.83 bits per heavy atom. The molecule has 0 fully saturated rings. The first-order chi connectivity index (χ1) is 3.93. The second-order valence-corrected chi connectivity index (χ2v) is 1.43. The molecule has 0 saturated heterocycles. The Kier molecular flexibility index (Phi) is 27.9. The summed E-state index contributed by atoms with van der Waals surface area (Å²) in [5.41, 5.74) is 0. The molecule has 12 heavy (non-hydrogen) atoms. The molecule has 0 aromatic heterocycles. The zero-order chi connectivity index (χ0) is 5.82. The first kappa shape index (κ1) is 23.1. The van der Waals surface area contributed by atoms with E-state index in [4.69, 9.17) is 4.74 Å². The third kappa shape index (κ3) is 9.05.